The molecule has 30 heavy (non-hydrogen) atoms. The fraction of sp³-hybridized carbons (Fsp3) is 0.640. The van der Waals surface area contributed by atoms with Crippen LogP contribution in [0.15, 0.2) is 30.5 Å². The minimum atomic E-state index is 0.119. The average Bonchev–Trinajstić information content (AvgIpc) is 3.31. The lowest BCUT2D eigenvalue weighted by Gasteiger charge is -2.60. The van der Waals surface area contributed by atoms with Crippen LogP contribution in [-0.2, 0) is 4.79 Å². The number of hydrogen-bond acceptors (Lipinski definition) is 3. The van der Waals surface area contributed by atoms with Crippen molar-refractivity contribution >= 4 is 17.1 Å². The van der Waals surface area contributed by atoms with Crippen LogP contribution in [0, 0.1) is 28.6 Å². The van der Waals surface area contributed by atoms with Crippen LogP contribution in [0.25, 0.3) is 11.2 Å². The molecule has 3 fully saturated rings. The number of fused-ring (bicyclic) bond motifs is 6. The second-order valence-corrected chi connectivity index (χ2v) is 10.8. The molecule has 5 nitrogen and oxygen atoms in total. The molecule has 1 aliphatic heterocycles. The highest BCUT2D eigenvalue weighted by Crippen LogP contribution is 2.67. The van der Waals surface area contributed by atoms with E-state index in [0.717, 1.165) is 35.2 Å². The fourth-order valence-electron chi connectivity index (χ4n) is 8.22. The Morgan fingerprint density at radius 1 is 1.13 bits per heavy atom. The van der Waals surface area contributed by atoms with Crippen molar-refractivity contribution < 1.29 is 4.79 Å². The zero-order valence-corrected chi connectivity index (χ0v) is 18.3. The molecule has 158 valence electrons. The third-order valence-electron chi connectivity index (χ3n) is 9.73. The number of nitrogens with one attached hydrogen (secondary N) is 1. The summed E-state index contributed by atoms with van der Waals surface area (Å²) >= 11 is 0. The fourth-order valence-corrected chi connectivity index (χ4v) is 8.22. The summed E-state index contributed by atoms with van der Waals surface area (Å²) in [5.41, 5.74) is 2.33. The van der Waals surface area contributed by atoms with Gasteiger partial charge in [0, 0.05) is 30.6 Å². The van der Waals surface area contributed by atoms with Gasteiger partial charge < -0.3 is 9.88 Å². The standard InChI is InChI=1S/C25H32N4O/c1-24-12-10-17-15(6-9-20-25(17,2)13-11-21(30)29(20)3)16(24)7-8-18(24)22-27-19-5-4-14-26-23(19)28-22/h4-5,11,13-18,20H,6-10,12H2,1-3H3,(H,26,27,28)/t15?,16-,17?,18+,20+,24-,25+/m0/s1. The van der Waals surface area contributed by atoms with Gasteiger partial charge in [0.05, 0.1) is 5.52 Å². The number of carbonyl (C=O) groups excluding carboxylic acids is 1. The molecule has 5 heteroatoms. The number of likely N-dealkylation sites (N-methyl/N-ethyl adjacent to an activating group) is 1. The van der Waals surface area contributed by atoms with Crippen molar-refractivity contribution in [3.63, 3.8) is 0 Å². The molecule has 6 rings (SSSR count). The van der Waals surface area contributed by atoms with Crippen molar-refractivity contribution in [1.29, 1.82) is 0 Å². The Bertz CT molecular complexity index is 1010. The average molecular weight is 405 g/mol. The van der Waals surface area contributed by atoms with Crippen molar-refractivity contribution in [2.24, 2.45) is 28.6 Å². The molecule has 0 bridgehead atoms. The highest BCUT2D eigenvalue weighted by atomic mass is 16.2. The van der Waals surface area contributed by atoms with Gasteiger partial charge in [-0.3, -0.25) is 4.79 Å². The largest absolute Gasteiger partial charge is 0.340 e. The van der Waals surface area contributed by atoms with Crippen LogP contribution in [0.4, 0.5) is 0 Å². The first-order chi connectivity index (χ1) is 14.4. The van der Waals surface area contributed by atoms with Gasteiger partial charge in [0.15, 0.2) is 5.65 Å². The Kier molecular flexibility index (Phi) is 3.83. The molecule has 7 atom stereocenters. The minimum absolute atomic E-state index is 0.119. The molecule has 1 amide bonds. The van der Waals surface area contributed by atoms with Crippen LogP contribution in [0.5, 0.6) is 0 Å². The first kappa shape index (κ1) is 18.6. The molecule has 3 aliphatic carbocycles. The second-order valence-electron chi connectivity index (χ2n) is 10.8. The molecule has 2 aromatic rings. The summed E-state index contributed by atoms with van der Waals surface area (Å²) in [5, 5.41) is 0. The van der Waals surface area contributed by atoms with E-state index in [-0.39, 0.29) is 11.3 Å². The van der Waals surface area contributed by atoms with E-state index in [4.69, 9.17) is 4.98 Å². The van der Waals surface area contributed by atoms with Crippen LogP contribution in [0.3, 0.4) is 0 Å². The third kappa shape index (κ3) is 2.32. The number of H-pyrrole nitrogens is 1. The number of nitrogens with zero attached hydrogens (tertiary/aromatic N) is 3. The Balaban J connectivity index is 1.34. The van der Waals surface area contributed by atoms with E-state index in [9.17, 15) is 4.79 Å². The van der Waals surface area contributed by atoms with E-state index in [1.54, 1.807) is 0 Å². The quantitative estimate of drug-likeness (QED) is 0.751. The number of aromatic nitrogens is 3. The molecule has 0 radical (unpaired) electrons. The van der Waals surface area contributed by atoms with E-state index in [0.29, 0.717) is 23.3 Å². The van der Waals surface area contributed by atoms with Crippen molar-refractivity contribution in [3.05, 3.63) is 36.3 Å². The van der Waals surface area contributed by atoms with Crippen molar-refractivity contribution in [1.82, 2.24) is 19.9 Å². The number of amides is 1. The topological polar surface area (TPSA) is 61.9 Å². The maximum Gasteiger partial charge on any atom is 0.246 e. The van der Waals surface area contributed by atoms with Gasteiger partial charge in [-0.15, -0.1) is 0 Å². The number of pyridine rings is 1. The van der Waals surface area contributed by atoms with Crippen LogP contribution < -0.4 is 0 Å². The maximum absolute atomic E-state index is 12.3. The zero-order valence-electron chi connectivity index (χ0n) is 18.3. The summed E-state index contributed by atoms with van der Waals surface area (Å²) in [4.78, 5) is 27.3. The third-order valence-corrected chi connectivity index (χ3v) is 9.73. The summed E-state index contributed by atoms with van der Waals surface area (Å²) < 4.78 is 0. The molecule has 4 aliphatic rings. The van der Waals surface area contributed by atoms with Gasteiger partial charge in [0.2, 0.25) is 5.91 Å². The smallest absolute Gasteiger partial charge is 0.246 e. The van der Waals surface area contributed by atoms with Crippen molar-refractivity contribution in [3.8, 4) is 0 Å². The van der Waals surface area contributed by atoms with Gasteiger partial charge in [-0.05, 0) is 79.9 Å². The molecular weight excluding hydrogens is 372 g/mol. The van der Waals surface area contributed by atoms with Gasteiger partial charge in [-0.25, -0.2) is 9.97 Å². The zero-order chi connectivity index (χ0) is 20.7. The lowest BCUT2D eigenvalue weighted by atomic mass is 9.47. The Morgan fingerprint density at radius 3 is 2.83 bits per heavy atom. The number of carbonyl (C=O) groups is 1. The monoisotopic (exact) mass is 404 g/mol. The number of rotatable bonds is 1. The summed E-state index contributed by atoms with van der Waals surface area (Å²) in [7, 11) is 2.00. The second kappa shape index (κ2) is 6.18. The molecule has 3 saturated carbocycles. The van der Waals surface area contributed by atoms with Crippen molar-refractivity contribution in [2.45, 2.75) is 64.3 Å². The minimum Gasteiger partial charge on any atom is -0.340 e. The number of imidazole rings is 1. The normalized spacial score (nSPS) is 42.8. The molecule has 3 heterocycles. The number of aromatic amines is 1. The van der Waals surface area contributed by atoms with E-state index in [1.165, 1.54) is 32.1 Å². The molecule has 2 unspecified atom stereocenters. The van der Waals surface area contributed by atoms with Crippen LogP contribution >= 0.6 is 0 Å². The summed E-state index contributed by atoms with van der Waals surface area (Å²) in [6.45, 7) is 4.96. The van der Waals surface area contributed by atoms with E-state index in [2.05, 4.69) is 36.0 Å². The predicted molar refractivity (Wildman–Crippen MR) is 117 cm³/mol. The van der Waals surface area contributed by atoms with E-state index >= 15 is 0 Å². The van der Waals surface area contributed by atoms with Crippen LogP contribution in [-0.4, -0.2) is 38.8 Å². The van der Waals surface area contributed by atoms with Gasteiger partial charge in [-0.1, -0.05) is 19.9 Å². The van der Waals surface area contributed by atoms with Crippen molar-refractivity contribution in [2.75, 3.05) is 7.05 Å². The SMILES string of the molecule is CN1C(=O)C=C[C@]2(C)C3CC[C@]4(C)[C@@H](c5nc6ncccc6[nH]5)CC[C@H]4C3CC[C@@H]12. The molecule has 0 spiro atoms. The molecular formula is C25H32N4O. The number of hydrogen-bond donors (Lipinski definition) is 1. The first-order valence-electron chi connectivity index (χ1n) is 11.7. The van der Waals surface area contributed by atoms with Gasteiger partial charge in [0.1, 0.15) is 5.82 Å². The molecule has 0 saturated heterocycles. The maximum atomic E-state index is 12.3. The summed E-state index contributed by atoms with van der Waals surface area (Å²) in [5.74, 6) is 4.00. The highest BCUT2D eigenvalue weighted by molar-refractivity contribution is 5.89. The first-order valence-corrected chi connectivity index (χ1v) is 11.7. The Morgan fingerprint density at radius 2 is 2.00 bits per heavy atom. The summed E-state index contributed by atoms with van der Waals surface area (Å²) in [6, 6.07) is 4.42. The molecule has 2 aromatic heterocycles. The van der Waals surface area contributed by atoms with Crippen LogP contribution in [0.1, 0.15) is 64.1 Å². The van der Waals surface area contributed by atoms with E-state index in [1.807, 2.05) is 30.3 Å². The van der Waals surface area contributed by atoms with E-state index < -0.39 is 0 Å². The van der Waals surface area contributed by atoms with Gasteiger partial charge >= 0.3 is 0 Å². The summed E-state index contributed by atoms with van der Waals surface area (Å²) in [6.07, 6.45) is 13.4. The Labute approximate surface area is 178 Å². The van der Waals surface area contributed by atoms with Gasteiger partial charge in [-0.2, -0.15) is 0 Å². The lowest BCUT2D eigenvalue weighted by Crippen LogP contribution is -2.59. The van der Waals surface area contributed by atoms with Gasteiger partial charge in [0.25, 0.3) is 0 Å². The molecule has 0 aromatic carbocycles. The van der Waals surface area contributed by atoms with Crippen LogP contribution in [0.2, 0.25) is 0 Å². The highest BCUT2D eigenvalue weighted by Gasteiger charge is 2.60. The Hall–Kier alpha value is -2.17. The molecule has 1 N–H and O–H groups in total. The predicted octanol–water partition coefficient (Wildman–Crippen LogP) is 4.68. The lowest BCUT2D eigenvalue weighted by molar-refractivity contribution is -0.138.